The fourth-order valence-corrected chi connectivity index (χ4v) is 4.39. The van der Waals surface area contributed by atoms with Gasteiger partial charge in [0.25, 0.3) is 0 Å². The molecule has 9 heteroatoms. The van der Waals surface area contributed by atoms with Crippen molar-refractivity contribution in [1.82, 2.24) is 4.72 Å². The molecule has 0 saturated carbocycles. The van der Waals surface area contributed by atoms with E-state index in [1.807, 2.05) is 0 Å². The molecule has 1 saturated heterocycles. The lowest BCUT2D eigenvalue weighted by Gasteiger charge is -2.17. The normalized spacial score (nSPS) is 16.2. The van der Waals surface area contributed by atoms with E-state index in [4.69, 9.17) is 4.74 Å². The van der Waals surface area contributed by atoms with Crippen LogP contribution in [0.25, 0.3) is 0 Å². The molecule has 1 fully saturated rings. The van der Waals surface area contributed by atoms with Crippen LogP contribution in [0.1, 0.15) is 12.0 Å². The molecule has 2 N–H and O–H groups in total. The summed E-state index contributed by atoms with van der Waals surface area (Å²) in [5.74, 6) is -0.311. The van der Waals surface area contributed by atoms with Crippen molar-refractivity contribution in [2.45, 2.75) is 12.2 Å². The Morgan fingerprint density at radius 3 is 2.48 bits per heavy atom. The van der Waals surface area contributed by atoms with Crippen molar-refractivity contribution in [3.63, 3.8) is 0 Å². The zero-order chi connectivity index (χ0) is 22.4. The molecule has 3 rings (SSSR count). The molecular weight excluding hydrogens is 418 g/mol. The van der Waals surface area contributed by atoms with E-state index < -0.39 is 15.9 Å². The summed E-state index contributed by atoms with van der Waals surface area (Å²) < 4.78 is 31.4. The Labute approximate surface area is 181 Å². The lowest BCUT2D eigenvalue weighted by atomic mass is 10.1. The molecule has 1 aliphatic heterocycles. The number of sulfonamides is 1. The minimum Gasteiger partial charge on any atom is -0.497 e. The van der Waals surface area contributed by atoms with Crippen molar-refractivity contribution in [3.8, 4) is 5.75 Å². The number of anilines is 2. The second-order valence-electron chi connectivity index (χ2n) is 7.19. The number of nitrogens with one attached hydrogen (secondary N) is 2. The van der Waals surface area contributed by atoms with E-state index in [1.54, 1.807) is 60.5 Å². The Morgan fingerprint density at radius 2 is 1.87 bits per heavy atom. The molecule has 31 heavy (non-hydrogen) atoms. The zero-order valence-corrected chi connectivity index (χ0v) is 18.0. The number of carbonyl (C=O) groups is 2. The zero-order valence-electron chi connectivity index (χ0n) is 17.2. The molecule has 2 amide bonds. The molecule has 164 valence electrons. The van der Waals surface area contributed by atoms with Gasteiger partial charge in [0, 0.05) is 30.9 Å². The average molecular weight is 444 g/mol. The number of methoxy groups -OCH3 is 1. The highest BCUT2D eigenvalue weighted by Gasteiger charge is 2.35. The van der Waals surface area contributed by atoms with E-state index >= 15 is 0 Å². The van der Waals surface area contributed by atoms with Crippen LogP contribution in [0.2, 0.25) is 0 Å². The number of ether oxygens (including phenoxy) is 1. The molecule has 1 atom stereocenters. The van der Waals surface area contributed by atoms with Gasteiger partial charge >= 0.3 is 0 Å². The lowest BCUT2D eigenvalue weighted by Crippen LogP contribution is -2.28. The quantitative estimate of drug-likeness (QED) is 0.579. The van der Waals surface area contributed by atoms with Gasteiger partial charge in [0.05, 0.1) is 18.8 Å². The number of hydrogen-bond donors (Lipinski definition) is 2. The van der Waals surface area contributed by atoms with Crippen LogP contribution in [0, 0.1) is 5.92 Å². The molecule has 1 unspecified atom stereocenters. The van der Waals surface area contributed by atoms with Crippen molar-refractivity contribution in [2.75, 3.05) is 30.4 Å². The number of rotatable bonds is 9. The average Bonchev–Trinajstić information content (AvgIpc) is 3.15. The Balaban J connectivity index is 1.58. The first kappa shape index (κ1) is 22.5. The first-order valence-corrected chi connectivity index (χ1v) is 11.4. The number of nitrogens with zero attached hydrogens (tertiary/aromatic N) is 1. The van der Waals surface area contributed by atoms with E-state index in [9.17, 15) is 18.0 Å². The first-order valence-electron chi connectivity index (χ1n) is 9.74. The molecule has 0 aromatic heterocycles. The number of amides is 2. The molecule has 8 nitrogen and oxygen atoms in total. The second-order valence-corrected chi connectivity index (χ2v) is 8.99. The van der Waals surface area contributed by atoms with Crippen LogP contribution in [0.3, 0.4) is 0 Å². The maximum atomic E-state index is 12.6. The smallest absolute Gasteiger partial charge is 0.229 e. The molecule has 0 radical (unpaired) electrons. The van der Waals surface area contributed by atoms with E-state index in [0.717, 1.165) is 5.69 Å². The van der Waals surface area contributed by atoms with E-state index in [-0.39, 0.29) is 30.5 Å². The highest BCUT2D eigenvalue weighted by molar-refractivity contribution is 7.88. The van der Waals surface area contributed by atoms with Crippen LogP contribution in [0.4, 0.5) is 11.4 Å². The third kappa shape index (κ3) is 5.93. The van der Waals surface area contributed by atoms with Gasteiger partial charge in [-0.15, -0.1) is 6.58 Å². The Hall–Kier alpha value is -3.17. The summed E-state index contributed by atoms with van der Waals surface area (Å²) in [5, 5.41) is 2.80. The van der Waals surface area contributed by atoms with Crippen molar-refractivity contribution in [2.24, 2.45) is 5.92 Å². The van der Waals surface area contributed by atoms with E-state index in [0.29, 0.717) is 23.5 Å². The summed E-state index contributed by atoms with van der Waals surface area (Å²) in [7, 11) is -1.88. The van der Waals surface area contributed by atoms with Crippen LogP contribution < -0.4 is 19.7 Å². The minimum atomic E-state index is -3.45. The van der Waals surface area contributed by atoms with Crippen LogP contribution in [0.5, 0.6) is 5.75 Å². The van der Waals surface area contributed by atoms with Crippen LogP contribution in [-0.4, -0.2) is 40.4 Å². The molecule has 2 aromatic rings. The fourth-order valence-electron chi connectivity index (χ4n) is 3.28. The highest BCUT2D eigenvalue weighted by atomic mass is 32.2. The van der Waals surface area contributed by atoms with Gasteiger partial charge in [0.1, 0.15) is 5.75 Å². The monoisotopic (exact) mass is 443 g/mol. The van der Waals surface area contributed by atoms with E-state index in [2.05, 4.69) is 16.6 Å². The minimum absolute atomic E-state index is 0.113. The Morgan fingerprint density at radius 1 is 1.19 bits per heavy atom. The van der Waals surface area contributed by atoms with Crippen molar-refractivity contribution >= 4 is 33.2 Å². The van der Waals surface area contributed by atoms with Crippen LogP contribution in [0.15, 0.2) is 61.2 Å². The Bertz CT molecular complexity index is 1050. The molecule has 1 heterocycles. The van der Waals surface area contributed by atoms with Crippen LogP contribution >= 0.6 is 0 Å². The largest absolute Gasteiger partial charge is 0.497 e. The van der Waals surface area contributed by atoms with Crippen molar-refractivity contribution in [1.29, 1.82) is 0 Å². The summed E-state index contributed by atoms with van der Waals surface area (Å²) in [6, 6.07) is 13.7. The Kier molecular flexibility index (Phi) is 7.09. The molecule has 2 aromatic carbocycles. The number of carbonyl (C=O) groups excluding carboxylic acids is 2. The highest BCUT2D eigenvalue weighted by Crippen LogP contribution is 2.27. The third-order valence-corrected chi connectivity index (χ3v) is 6.23. The van der Waals surface area contributed by atoms with Gasteiger partial charge in [-0.1, -0.05) is 18.2 Å². The molecular formula is C22H25N3O5S. The van der Waals surface area contributed by atoms with Gasteiger partial charge in [-0.3, -0.25) is 9.59 Å². The lowest BCUT2D eigenvalue weighted by molar-refractivity contribution is -0.122. The number of benzene rings is 2. The van der Waals surface area contributed by atoms with Gasteiger partial charge in [-0.2, -0.15) is 0 Å². The second kappa shape index (κ2) is 9.76. The van der Waals surface area contributed by atoms with Gasteiger partial charge in [0.15, 0.2) is 0 Å². The SMILES string of the molecule is C=CCNS(=O)(=O)Cc1ccc(NC(=O)C2CC(=O)N(c3ccc(OC)cc3)C2)cc1. The van der Waals surface area contributed by atoms with Gasteiger partial charge in [0.2, 0.25) is 21.8 Å². The number of hydrogen-bond acceptors (Lipinski definition) is 5. The summed E-state index contributed by atoms with van der Waals surface area (Å²) >= 11 is 0. The molecule has 1 aliphatic rings. The van der Waals surface area contributed by atoms with E-state index in [1.165, 1.54) is 6.08 Å². The van der Waals surface area contributed by atoms with Gasteiger partial charge in [-0.05, 0) is 42.0 Å². The van der Waals surface area contributed by atoms with Gasteiger partial charge in [-0.25, -0.2) is 13.1 Å². The summed E-state index contributed by atoms with van der Waals surface area (Å²) in [6.45, 7) is 3.94. The first-order chi connectivity index (χ1) is 14.8. The maximum absolute atomic E-state index is 12.6. The van der Waals surface area contributed by atoms with Crippen molar-refractivity contribution in [3.05, 3.63) is 66.7 Å². The molecule has 0 spiro atoms. The fraction of sp³-hybridized carbons (Fsp3) is 0.273. The molecule has 0 aliphatic carbocycles. The predicted octanol–water partition coefficient (Wildman–Crippen LogP) is 2.29. The topological polar surface area (TPSA) is 105 Å². The maximum Gasteiger partial charge on any atom is 0.229 e. The summed E-state index contributed by atoms with van der Waals surface area (Å²) in [4.78, 5) is 26.6. The summed E-state index contributed by atoms with van der Waals surface area (Å²) in [6.07, 6.45) is 1.60. The molecule has 0 bridgehead atoms. The third-order valence-electron chi connectivity index (χ3n) is 4.91. The predicted molar refractivity (Wildman–Crippen MR) is 119 cm³/mol. The summed E-state index contributed by atoms with van der Waals surface area (Å²) in [5.41, 5.74) is 1.86. The van der Waals surface area contributed by atoms with Crippen LogP contribution in [-0.2, 0) is 25.4 Å². The standard InChI is InChI=1S/C22H25N3O5S/c1-3-12-23-31(28,29)15-16-4-6-18(7-5-16)24-22(27)17-13-21(26)25(14-17)19-8-10-20(30-2)11-9-19/h3-11,17,23H,1,12-15H2,2H3,(H,24,27). The van der Waals surface area contributed by atoms with Crippen molar-refractivity contribution < 1.29 is 22.7 Å². The van der Waals surface area contributed by atoms with Gasteiger partial charge < -0.3 is 15.0 Å².